The zero-order valence-electron chi connectivity index (χ0n) is 13.6. The number of benzene rings is 2. The normalized spacial score (nSPS) is 10.6. The third-order valence-electron chi connectivity index (χ3n) is 3.55. The zero-order chi connectivity index (χ0) is 17.9. The van der Waals surface area contributed by atoms with Crippen molar-refractivity contribution in [3.8, 4) is 0 Å². The molecule has 24 heavy (non-hydrogen) atoms. The highest BCUT2D eigenvalue weighted by molar-refractivity contribution is 6.44. The topological polar surface area (TPSA) is 58.2 Å². The number of nitrogens with one attached hydrogen (secondary N) is 2. The van der Waals surface area contributed by atoms with E-state index in [1.807, 2.05) is 39.0 Å². The maximum Gasteiger partial charge on any atom is 0.314 e. The predicted molar refractivity (Wildman–Crippen MR) is 93.9 cm³/mol. The summed E-state index contributed by atoms with van der Waals surface area (Å²) < 4.78 is 13.1. The Labute approximate surface area is 145 Å². The summed E-state index contributed by atoms with van der Waals surface area (Å²) in [5, 5.41) is 4.91. The monoisotopic (exact) mass is 348 g/mol. The molecule has 0 spiro atoms. The Balaban J connectivity index is 2.15. The lowest BCUT2D eigenvalue weighted by molar-refractivity contribution is -0.133. The molecule has 0 saturated heterocycles. The Morgan fingerprint density at radius 2 is 1.75 bits per heavy atom. The first-order valence-electron chi connectivity index (χ1n) is 7.46. The van der Waals surface area contributed by atoms with E-state index >= 15 is 0 Å². The predicted octanol–water partition coefficient (Wildman–Crippen LogP) is 4.49. The van der Waals surface area contributed by atoms with Crippen LogP contribution in [0, 0.1) is 12.7 Å². The average molecular weight is 349 g/mol. The lowest BCUT2D eigenvalue weighted by atomic mass is 9.98. The van der Waals surface area contributed by atoms with Gasteiger partial charge in [0.15, 0.2) is 0 Å². The third-order valence-corrected chi connectivity index (χ3v) is 3.84. The second-order valence-corrected chi connectivity index (χ2v) is 6.14. The van der Waals surface area contributed by atoms with Crippen molar-refractivity contribution in [2.45, 2.75) is 26.7 Å². The van der Waals surface area contributed by atoms with Crippen molar-refractivity contribution in [3.63, 3.8) is 0 Å². The summed E-state index contributed by atoms with van der Waals surface area (Å²) in [6, 6.07) is 9.37. The van der Waals surface area contributed by atoms with Gasteiger partial charge in [0.2, 0.25) is 0 Å². The van der Waals surface area contributed by atoms with E-state index in [1.54, 1.807) is 0 Å². The molecule has 2 amide bonds. The van der Waals surface area contributed by atoms with Crippen LogP contribution in [-0.4, -0.2) is 11.8 Å². The number of carbonyl (C=O) groups is 2. The van der Waals surface area contributed by atoms with Gasteiger partial charge in [0, 0.05) is 11.4 Å². The molecule has 0 aromatic heterocycles. The molecule has 0 atom stereocenters. The van der Waals surface area contributed by atoms with Crippen LogP contribution < -0.4 is 10.6 Å². The lowest BCUT2D eigenvalue weighted by Gasteiger charge is -2.16. The van der Waals surface area contributed by atoms with Gasteiger partial charge in [0.25, 0.3) is 0 Å². The van der Waals surface area contributed by atoms with Crippen LogP contribution in [0.1, 0.15) is 30.9 Å². The summed E-state index contributed by atoms with van der Waals surface area (Å²) in [6.07, 6.45) is 0. The van der Waals surface area contributed by atoms with E-state index in [4.69, 9.17) is 11.6 Å². The number of hydrogen-bond acceptors (Lipinski definition) is 2. The Morgan fingerprint density at radius 3 is 2.38 bits per heavy atom. The van der Waals surface area contributed by atoms with Gasteiger partial charge in [-0.05, 0) is 42.2 Å². The summed E-state index contributed by atoms with van der Waals surface area (Å²) in [5.41, 5.74) is 2.69. The molecule has 0 aliphatic heterocycles. The van der Waals surface area contributed by atoms with Gasteiger partial charge in [-0.3, -0.25) is 9.59 Å². The van der Waals surface area contributed by atoms with Crippen molar-refractivity contribution in [2.75, 3.05) is 10.6 Å². The van der Waals surface area contributed by atoms with Crippen LogP contribution in [0.3, 0.4) is 0 Å². The zero-order valence-corrected chi connectivity index (χ0v) is 14.4. The maximum atomic E-state index is 13.1. The molecular weight excluding hydrogens is 331 g/mol. The fourth-order valence-corrected chi connectivity index (χ4v) is 2.45. The number of hydrogen-bond donors (Lipinski definition) is 2. The molecule has 0 unspecified atom stereocenters. The fraction of sp³-hybridized carbons (Fsp3) is 0.222. The molecule has 0 heterocycles. The van der Waals surface area contributed by atoms with Crippen molar-refractivity contribution in [2.24, 2.45) is 0 Å². The van der Waals surface area contributed by atoms with E-state index in [2.05, 4.69) is 10.6 Å². The van der Waals surface area contributed by atoms with Gasteiger partial charge in [-0.25, -0.2) is 4.39 Å². The molecule has 2 aromatic rings. The van der Waals surface area contributed by atoms with Gasteiger partial charge < -0.3 is 10.6 Å². The minimum absolute atomic E-state index is 0.130. The number of para-hydroxylation sites is 1. The Bertz CT molecular complexity index is 791. The Kier molecular flexibility index (Phi) is 5.57. The molecule has 0 aliphatic carbocycles. The number of anilines is 2. The van der Waals surface area contributed by atoms with Crippen LogP contribution in [0.2, 0.25) is 5.02 Å². The summed E-state index contributed by atoms with van der Waals surface area (Å²) in [5.74, 6) is -2.05. The molecule has 2 aromatic carbocycles. The first-order chi connectivity index (χ1) is 11.3. The molecule has 0 radical (unpaired) electrons. The largest absolute Gasteiger partial charge is 0.318 e. The quantitative estimate of drug-likeness (QED) is 0.803. The number of rotatable bonds is 3. The van der Waals surface area contributed by atoms with Crippen LogP contribution in [0.4, 0.5) is 15.8 Å². The van der Waals surface area contributed by atoms with Gasteiger partial charge in [-0.15, -0.1) is 0 Å². The molecule has 0 fully saturated rings. The van der Waals surface area contributed by atoms with E-state index in [0.717, 1.165) is 17.2 Å². The van der Waals surface area contributed by atoms with Crippen LogP contribution in [0.25, 0.3) is 0 Å². The van der Waals surface area contributed by atoms with Crippen LogP contribution in [-0.2, 0) is 9.59 Å². The highest BCUT2D eigenvalue weighted by Gasteiger charge is 2.18. The summed E-state index contributed by atoms with van der Waals surface area (Å²) in [4.78, 5) is 24.2. The number of aryl methyl sites for hydroxylation is 1. The minimum atomic E-state index is -0.851. The highest BCUT2D eigenvalue weighted by Crippen LogP contribution is 2.27. The molecule has 0 saturated carbocycles. The highest BCUT2D eigenvalue weighted by atomic mass is 35.5. The molecule has 126 valence electrons. The minimum Gasteiger partial charge on any atom is -0.318 e. The van der Waals surface area contributed by atoms with Gasteiger partial charge in [-0.2, -0.15) is 0 Å². The van der Waals surface area contributed by atoms with Crippen LogP contribution in [0.5, 0.6) is 0 Å². The van der Waals surface area contributed by atoms with Gasteiger partial charge in [0.1, 0.15) is 5.82 Å². The van der Waals surface area contributed by atoms with Crippen LogP contribution in [0.15, 0.2) is 36.4 Å². The summed E-state index contributed by atoms with van der Waals surface area (Å²) in [6.45, 7) is 5.87. The first kappa shape index (κ1) is 17.9. The number of halogens is 2. The average Bonchev–Trinajstić information content (AvgIpc) is 2.52. The Hall–Kier alpha value is -2.40. The Morgan fingerprint density at radius 1 is 1.08 bits per heavy atom. The fourth-order valence-electron chi connectivity index (χ4n) is 2.27. The second kappa shape index (κ2) is 7.45. The number of amides is 2. The molecule has 6 heteroatoms. The molecule has 4 nitrogen and oxygen atoms in total. The van der Waals surface area contributed by atoms with E-state index in [-0.39, 0.29) is 16.6 Å². The second-order valence-electron chi connectivity index (χ2n) is 5.73. The van der Waals surface area contributed by atoms with Gasteiger partial charge in [0.05, 0.1) is 5.02 Å². The molecule has 0 aliphatic rings. The molecular formula is C18H18ClFN2O2. The van der Waals surface area contributed by atoms with E-state index in [1.165, 1.54) is 12.1 Å². The standard InChI is InChI=1S/C18H18ClFN2O2/c1-10(2)13-6-4-5-11(3)16(13)22-18(24)17(23)21-12-7-8-15(20)14(19)9-12/h4-10H,1-3H3,(H,21,23)(H,22,24). The van der Waals surface area contributed by atoms with Crippen molar-refractivity contribution >= 4 is 34.8 Å². The van der Waals surface area contributed by atoms with E-state index < -0.39 is 17.6 Å². The van der Waals surface area contributed by atoms with E-state index in [0.29, 0.717) is 5.69 Å². The summed E-state index contributed by atoms with van der Waals surface area (Å²) >= 11 is 5.66. The lowest BCUT2D eigenvalue weighted by Crippen LogP contribution is -2.29. The van der Waals surface area contributed by atoms with Crippen molar-refractivity contribution in [1.29, 1.82) is 0 Å². The third kappa shape index (κ3) is 4.11. The molecule has 2 N–H and O–H groups in total. The summed E-state index contributed by atoms with van der Waals surface area (Å²) in [7, 11) is 0. The van der Waals surface area contributed by atoms with Crippen LogP contribution >= 0.6 is 11.6 Å². The smallest absolute Gasteiger partial charge is 0.314 e. The number of carbonyl (C=O) groups excluding carboxylic acids is 2. The molecule has 2 rings (SSSR count). The van der Waals surface area contributed by atoms with Crippen molar-refractivity contribution in [1.82, 2.24) is 0 Å². The van der Waals surface area contributed by atoms with Crippen molar-refractivity contribution < 1.29 is 14.0 Å². The SMILES string of the molecule is Cc1cccc(C(C)C)c1NC(=O)C(=O)Nc1ccc(F)c(Cl)c1. The van der Waals surface area contributed by atoms with Gasteiger partial charge >= 0.3 is 11.8 Å². The first-order valence-corrected chi connectivity index (χ1v) is 7.84. The maximum absolute atomic E-state index is 13.1. The molecule has 0 bridgehead atoms. The van der Waals surface area contributed by atoms with Crippen molar-refractivity contribution in [3.05, 3.63) is 58.4 Å². The van der Waals surface area contributed by atoms with Gasteiger partial charge in [-0.1, -0.05) is 43.6 Å². The van der Waals surface area contributed by atoms with E-state index in [9.17, 15) is 14.0 Å².